The summed E-state index contributed by atoms with van der Waals surface area (Å²) in [5.41, 5.74) is 0.298. The second-order valence-corrected chi connectivity index (χ2v) is 4.52. The number of anilines is 1. The van der Waals surface area contributed by atoms with E-state index in [4.69, 9.17) is 5.11 Å². The fourth-order valence-corrected chi connectivity index (χ4v) is 1.96. The first-order valence-electron chi connectivity index (χ1n) is 5.36. The largest absolute Gasteiger partial charge is 0.398 e. The van der Waals surface area contributed by atoms with Gasteiger partial charge in [-0.1, -0.05) is 12.1 Å². The van der Waals surface area contributed by atoms with E-state index >= 15 is 0 Å². The number of hydrogen-bond acceptors (Lipinski definition) is 3. The van der Waals surface area contributed by atoms with Crippen LogP contribution in [0.5, 0.6) is 0 Å². The molecule has 0 aliphatic heterocycles. The van der Waals surface area contributed by atoms with E-state index in [1.165, 1.54) is 12.1 Å². The van der Waals surface area contributed by atoms with Crippen molar-refractivity contribution in [3.63, 3.8) is 0 Å². The number of rotatable bonds is 5. The minimum absolute atomic E-state index is 0.0731. The van der Waals surface area contributed by atoms with Gasteiger partial charge in [-0.3, -0.25) is 0 Å². The van der Waals surface area contributed by atoms with E-state index < -0.39 is 18.0 Å². The Morgan fingerprint density at radius 2 is 2.00 bits per heavy atom. The number of thioether (sulfide) groups is 1. The van der Waals surface area contributed by atoms with Crippen LogP contribution >= 0.6 is 11.8 Å². The van der Waals surface area contributed by atoms with Crippen molar-refractivity contribution < 1.29 is 23.1 Å². The molecule has 0 radical (unpaired) electrons. The van der Waals surface area contributed by atoms with Crippen LogP contribution in [0.1, 0.15) is 0 Å². The van der Waals surface area contributed by atoms with Crippen molar-refractivity contribution in [3.8, 4) is 0 Å². The minimum Gasteiger partial charge on any atom is -0.395 e. The highest BCUT2D eigenvalue weighted by Crippen LogP contribution is 2.31. The monoisotopic (exact) mass is 294 g/mol. The minimum atomic E-state index is -4.27. The summed E-state index contributed by atoms with van der Waals surface area (Å²) in [6.07, 6.45) is -4.27. The highest BCUT2D eigenvalue weighted by atomic mass is 32.2. The summed E-state index contributed by atoms with van der Waals surface area (Å²) >= 11 is 0.603. The van der Waals surface area contributed by atoms with Gasteiger partial charge in [0.2, 0.25) is 0 Å². The van der Waals surface area contributed by atoms with Gasteiger partial charge in [-0.05, 0) is 12.1 Å². The molecule has 19 heavy (non-hydrogen) atoms. The van der Waals surface area contributed by atoms with Crippen molar-refractivity contribution in [2.45, 2.75) is 11.1 Å². The molecular weight excluding hydrogens is 281 g/mol. The average Bonchev–Trinajstić information content (AvgIpc) is 2.34. The van der Waals surface area contributed by atoms with E-state index in [9.17, 15) is 18.0 Å². The topological polar surface area (TPSA) is 61.4 Å². The van der Waals surface area contributed by atoms with Crippen LogP contribution in [0.15, 0.2) is 29.2 Å². The number of aliphatic hydroxyl groups excluding tert-OH is 1. The number of amides is 2. The van der Waals surface area contributed by atoms with Crippen molar-refractivity contribution >= 4 is 23.5 Å². The van der Waals surface area contributed by atoms with Crippen LogP contribution in [0.25, 0.3) is 0 Å². The maximum atomic E-state index is 12.2. The number of carbonyl (C=O) groups is 1. The zero-order valence-corrected chi connectivity index (χ0v) is 10.6. The first-order valence-corrected chi connectivity index (χ1v) is 6.35. The number of aliphatic hydroxyl groups is 1. The SMILES string of the molecule is O=C(NCCO)Nc1ccccc1SCC(F)(F)F. The Balaban J connectivity index is 2.65. The molecule has 1 aromatic carbocycles. The number of alkyl halides is 3. The Morgan fingerprint density at radius 3 is 2.63 bits per heavy atom. The van der Waals surface area contributed by atoms with Gasteiger partial charge in [-0.15, -0.1) is 11.8 Å². The molecule has 8 heteroatoms. The average molecular weight is 294 g/mol. The molecule has 1 aromatic rings. The van der Waals surface area contributed by atoms with Crippen molar-refractivity contribution in [2.24, 2.45) is 0 Å². The first-order chi connectivity index (χ1) is 8.92. The van der Waals surface area contributed by atoms with Gasteiger partial charge in [-0.2, -0.15) is 13.2 Å². The molecule has 0 aliphatic carbocycles. The van der Waals surface area contributed by atoms with Crippen LogP contribution in [-0.2, 0) is 0 Å². The molecule has 0 bridgehead atoms. The van der Waals surface area contributed by atoms with E-state index in [-0.39, 0.29) is 13.2 Å². The molecule has 1 rings (SSSR count). The fourth-order valence-electron chi connectivity index (χ4n) is 1.19. The number of hydrogen-bond donors (Lipinski definition) is 3. The second kappa shape index (κ2) is 7.25. The second-order valence-electron chi connectivity index (χ2n) is 3.50. The van der Waals surface area contributed by atoms with Crippen molar-refractivity contribution in [2.75, 3.05) is 24.2 Å². The molecule has 106 valence electrons. The third kappa shape index (κ3) is 6.35. The summed E-state index contributed by atoms with van der Waals surface area (Å²) in [5, 5.41) is 13.3. The van der Waals surface area contributed by atoms with Gasteiger partial charge < -0.3 is 15.7 Å². The Bertz CT molecular complexity index is 427. The standard InChI is InChI=1S/C11H13F3N2O2S/c12-11(13,14)7-19-9-4-2-1-3-8(9)16-10(18)15-5-6-17/h1-4,17H,5-7H2,(H2,15,16,18). The van der Waals surface area contributed by atoms with Crippen LogP contribution in [0.2, 0.25) is 0 Å². The molecule has 0 fully saturated rings. The summed E-state index contributed by atoms with van der Waals surface area (Å²) in [4.78, 5) is 11.7. The molecular formula is C11H13F3N2O2S. The summed E-state index contributed by atoms with van der Waals surface area (Å²) in [7, 11) is 0. The lowest BCUT2D eigenvalue weighted by molar-refractivity contribution is -0.105. The predicted octanol–water partition coefficient (Wildman–Crippen LogP) is 2.45. The first kappa shape index (κ1) is 15.6. The Morgan fingerprint density at radius 1 is 1.32 bits per heavy atom. The molecule has 2 amide bonds. The highest BCUT2D eigenvalue weighted by molar-refractivity contribution is 7.99. The maximum absolute atomic E-state index is 12.2. The molecule has 0 spiro atoms. The number of halogens is 3. The van der Waals surface area contributed by atoms with E-state index in [1.807, 2.05) is 0 Å². The lowest BCUT2D eigenvalue weighted by Gasteiger charge is -2.12. The smallest absolute Gasteiger partial charge is 0.395 e. The quantitative estimate of drug-likeness (QED) is 0.731. The number of urea groups is 1. The molecule has 0 aliphatic rings. The lowest BCUT2D eigenvalue weighted by Crippen LogP contribution is -2.31. The van der Waals surface area contributed by atoms with Crippen LogP contribution in [-0.4, -0.2) is 36.2 Å². The molecule has 4 nitrogen and oxygen atoms in total. The third-order valence-electron chi connectivity index (χ3n) is 1.92. The molecule has 0 saturated heterocycles. The van der Waals surface area contributed by atoms with E-state index in [0.717, 1.165) is 0 Å². The number of nitrogens with one attached hydrogen (secondary N) is 2. The Labute approximate surface area is 112 Å². The number of para-hydroxylation sites is 1. The summed E-state index contributed by atoms with van der Waals surface area (Å²) in [6, 6.07) is 5.64. The third-order valence-corrected chi connectivity index (χ3v) is 3.06. The van der Waals surface area contributed by atoms with Gasteiger partial charge in [0, 0.05) is 11.4 Å². The van der Waals surface area contributed by atoms with Gasteiger partial charge in [0.1, 0.15) is 0 Å². The summed E-state index contributed by atoms with van der Waals surface area (Å²) < 4.78 is 36.5. The molecule has 0 atom stereocenters. The normalized spacial score (nSPS) is 11.2. The van der Waals surface area contributed by atoms with Crippen LogP contribution in [0, 0.1) is 0 Å². The molecule has 0 aromatic heterocycles. The van der Waals surface area contributed by atoms with Gasteiger partial charge in [0.15, 0.2) is 0 Å². The summed E-state index contributed by atoms with van der Waals surface area (Å²) in [5.74, 6) is -1.02. The fraction of sp³-hybridized carbons (Fsp3) is 0.364. The van der Waals surface area contributed by atoms with Crippen LogP contribution < -0.4 is 10.6 Å². The lowest BCUT2D eigenvalue weighted by atomic mass is 10.3. The Hall–Kier alpha value is -1.41. The van der Waals surface area contributed by atoms with E-state index in [1.54, 1.807) is 12.1 Å². The molecule has 0 unspecified atom stereocenters. The number of carbonyl (C=O) groups excluding carboxylic acids is 1. The molecule has 0 heterocycles. The van der Waals surface area contributed by atoms with Gasteiger partial charge >= 0.3 is 12.2 Å². The van der Waals surface area contributed by atoms with E-state index in [2.05, 4.69) is 10.6 Å². The van der Waals surface area contributed by atoms with Crippen LogP contribution in [0.4, 0.5) is 23.7 Å². The molecule has 0 saturated carbocycles. The van der Waals surface area contributed by atoms with E-state index in [0.29, 0.717) is 22.3 Å². The van der Waals surface area contributed by atoms with Crippen molar-refractivity contribution in [3.05, 3.63) is 24.3 Å². The van der Waals surface area contributed by atoms with Gasteiger partial charge in [0.25, 0.3) is 0 Å². The number of benzene rings is 1. The molecule has 3 N–H and O–H groups in total. The van der Waals surface area contributed by atoms with Crippen LogP contribution in [0.3, 0.4) is 0 Å². The summed E-state index contributed by atoms with van der Waals surface area (Å²) in [6.45, 7) is -0.137. The predicted molar refractivity (Wildman–Crippen MR) is 67.3 cm³/mol. The van der Waals surface area contributed by atoms with Gasteiger partial charge in [-0.25, -0.2) is 4.79 Å². The Kier molecular flexibility index (Phi) is 5.97. The highest BCUT2D eigenvalue weighted by Gasteiger charge is 2.27. The zero-order valence-electron chi connectivity index (χ0n) is 9.83. The maximum Gasteiger partial charge on any atom is 0.398 e. The van der Waals surface area contributed by atoms with Crippen molar-refractivity contribution in [1.29, 1.82) is 0 Å². The van der Waals surface area contributed by atoms with Crippen molar-refractivity contribution in [1.82, 2.24) is 5.32 Å². The zero-order chi connectivity index (χ0) is 14.3. The van der Waals surface area contributed by atoms with Gasteiger partial charge in [0.05, 0.1) is 18.0 Å².